The van der Waals surface area contributed by atoms with Gasteiger partial charge in [-0.2, -0.15) is 0 Å². The van der Waals surface area contributed by atoms with Crippen LogP contribution in [0.1, 0.15) is 25.3 Å². The van der Waals surface area contributed by atoms with E-state index < -0.39 is 0 Å². The van der Waals surface area contributed by atoms with Crippen molar-refractivity contribution in [1.82, 2.24) is 4.90 Å². The molecule has 0 N–H and O–H groups in total. The summed E-state index contributed by atoms with van der Waals surface area (Å²) in [5.74, 6) is 0. The van der Waals surface area contributed by atoms with Gasteiger partial charge in [0.2, 0.25) is 0 Å². The Hall–Kier alpha value is -1.16. The third-order valence-corrected chi connectivity index (χ3v) is 3.46. The Kier molecular flexibility index (Phi) is 6.25. The highest BCUT2D eigenvalue weighted by atomic mass is 16.6. The molecule has 0 radical (unpaired) electrons. The van der Waals surface area contributed by atoms with Crippen molar-refractivity contribution in [2.75, 3.05) is 26.8 Å². The number of benzene rings is 1. The molecule has 110 valence electrons. The van der Waals surface area contributed by atoms with Gasteiger partial charge in [-0.25, -0.2) is 0 Å². The van der Waals surface area contributed by atoms with E-state index >= 15 is 0 Å². The van der Waals surface area contributed by atoms with E-state index in [9.17, 15) is 0 Å². The van der Waals surface area contributed by atoms with Gasteiger partial charge in [0.15, 0.2) is 0 Å². The van der Waals surface area contributed by atoms with Gasteiger partial charge in [-0.05, 0) is 25.1 Å². The molecule has 1 aromatic carbocycles. The number of nitrogens with zero attached hydrogens (tertiary/aromatic N) is 1. The molecular weight excluding hydrogens is 250 g/mol. The van der Waals surface area contributed by atoms with Crippen LogP contribution >= 0.6 is 0 Å². The van der Waals surface area contributed by atoms with Crippen LogP contribution in [0.4, 0.5) is 0 Å². The Balaban J connectivity index is 1.77. The largest absolute Gasteiger partial charge is 0.379 e. The first-order valence-corrected chi connectivity index (χ1v) is 7.46. The van der Waals surface area contributed by atoms with Crippen molar-refractivity contribution in [1.29, 1.82) is 0 Å². The Morgan fingerprint density at radius 3 is 2.90 bits per heavy atom. The lowest BCUT2D eigenvalue weighted by molar-refractivity contribution is -0.00950. The first kappa shape index (κ1) is 15.2. The molecule has 2 rings (SSSR count). The highest BCUT2D eigenvalue weighted by Gasteiger charge is 2.28. The average Bonchev–Trinajstić information content (AvgIpc) is 2.83. The molecule has 3 nitrogen and oxygen atoms in total. The van der Waals surface area contributed by atoms with Gasteiger partial charge in [-0.15, -0.1) is 0 Å². The summed E-state index contributed by atoms with van der Waals surface area (Å²) in [4.78, 5) is 2.22. The minimum absolute atomic E-state index is 0.0509. The van der Waals surface area contributed by atoms with Crippen LogP contribution in [0.3, 0.4) is 0 Å². The summed E-state index contributed by atoms with van der Waals surface area (Å²) >= 11 is 0. The maximum Gasteiger partial charge on any atom is 0.130 e. The zero-order chi connectivity index (χ0) is 14.2. The number of unbranched alkanes of at least 4 members (excludes halogenated alkanes) is 1. The molecule has 0 spiro atoms. The zero-order valence-corrected chi connectivity index (χ0v) is 12.5. The van der Waals surface area contributed by atoms with Crippen molar-refractivity contribution in [3.8, 4) is 0 Å². The highest BCUT2D eigenvalue weighted by Crippen LogP contribution is 2.17. The van der Waals surface area contributed by atoms with Crippen LogP contribution in [-0.4, -0.2) is 44.0 Å². The lowest BCUT2D eigenvalue weighted by Gasteiger charge is -2.13. The van der Waals surface area contributed by atoms with E-state index in [0.29, 0.717) is 6.61 Å². The predicted molar refractivity (Wildman–Crippen MR) is 82.5 cm³/mol. The normalized spacial score (nSPS) is 23.7. The minimum atomic E-state index is 0.0509. The van der Waals surface area contributed by atoms with E-state index in [1.54, 1.807) is 0 Å². The maximum absolute atomic E-state index is 5.99. The molecule has 2 atom stereocenters. The Labute approximate surface area is 122 Å². The van der Waals surface area contributed by atoms with Crippen molar-refractivity contribution in [2.24, 2.45) is 0 Å². The van der Waals surface area contributed by atoms with Crippen molar-refractivity contribution in [3.05, 3.63) is 42.0 Å². The fourth-order valence-electron chi connectivity index (χ4n) is 2.27. The smallest absolute Gasteiger partial charge is 0.130 e. The van der Waals surface area contributed by atoms with Crippen LogP contribution in [0, 0.1) is 0 Å². The van der Waals surface area contributed by atoms with Crippen molar-refractivity contribution in [3.63, 3.8) is 0 Å². The van der Waals surface area contributed by atoms with Gasteiger partial charge in [0.25, 0.3) is 0 Å². The van der Waals surface area contributed by atoms with Crippen LogP contribution in [-0.2, 0) is 9.47 Å². The molecule has 0 aliphatic carbocycles. The third kappa shape index (κ3) is 4.75. The van der Waals surface area contributed by atoms with Gasteiger partial charge in [-0.3, -0.25) is 4.90 Å². The molecule has 1 saturated heterocycles. The van der Waals surface area contributed by atoms with Crippen molar-refractivity contribution < 1.29 is 9.47 Å². The second-order valence-corrected chi connectivity index (χ2v) is 5.29. The number of ether oxygens (including phenoxy) is 2. The molecule has 0 aromatic heterocycles. The van der Waals surface area contributed by atoms with E-state index in [4.69, 9.17) is 9.47 Å². The highest BCUT2D eigenvalue weighted by molar-refractivity contribution is 5.49. The third-order valence-electron chi connectivity index (χ3n) is 3.46. The van der Waals surface area contributed by atoms with Gasteiger partial charge in [0, 0.05) is 13.2 Å². The molecule has 1 heterocycles. The zero-order valence-electron chi connectivity index (χ0n) is 12.5. The summed E-state index contributed by atoms with van der Waals surface area (Å²) < 4.78 is 11.6. The van der Waals surface area contributed by atoms with Crippen molar-refractivity contribution in [2.45, 2.75) is 32.1 Å². The van der Waals surface area contributed by atoms with Crippen LogP contribution in [0.5, 0.6) is 0 Å². The molecule has 0 bridgehead atoms. The quantitative estimate of drug-likeness (QED) is 0.713. The molecule has 20 heavy (non-hydrogen) atoms. The van der Waals surface area contributed by atoms with Gasteiger partial charge in [-0.1, -0.05) is 49.8 Å². The number of likely N-dealkylation sites (N-methyl/N-ethyl adjacent to an activating group) is 1. The predicted octanol–water partition coefficient (Wildman–Crippen LogP) is 3.17. The lowest BCUT2D eigenvalue weighted by Crippen LogP contribution is -2.24. The first-order chi connectivity index (χ1) is 9.79. The summed E-state index contributed by atoms with van der Waals surface area (Å²) in [5.41, 5.74) is 1.20. The SMILES string of the molecule is CCCCOCC1CN(C)C(/C=C/c2ccccc2)O1. The fraction of sp³-hybridized carbons (Fsp3) is 0.529. The summed E-state index contributed by atoms with van der Waals surface area (Å²) in [7, 11) is 2.09. The number of rotatable bonds is 7. The molecule has 0 saturated carbocycles. The van der Waals surface area contributed by atoms with Crippen LogP contribution in [0.25, 0.3) is 6.08 Å². The Morgan fingerprint density at radius 1 is 1.35 bits per heavy atom. The fourth-order valence-corrected chi connectivity index (χ4v) is 2.27. The average molecular weight is 275 g/mol. The number of hydrogen-bond donors (Lipinski definition) is 0. The van der Waals surface area contributed by atoms with Gasteiger partial charge in [0.1, 0.15) is 6.23 Å². The second-order valence-electron chi connectivity index (χ2n) is 5.29. The summed E-state index contributed by atoms with van der Waals surface area (Å²) in [6, 6.07) is 10.3. The molecule has 1 aliphatic rings. The molecule has 3 heteroatoms. The topological polar surface area (TPSA) is 21.7 Å². The van der Waals surface area contributed by atoms with Gasteiger partial charge >= 0.3 is 0 Å². The molecular formula is C17H25NO2. The molecule has 0 amide bonds. The molecule has 2 unspecified atom stereocenters. The summed E-state index contributed by atoms with van der Waals surface area (Å²) in [6.45, 7) is 4.63. The molecule has 1 fully saturated rings. The molecule has 1 aliphatic heterocycles. The lowest BCUT2D eigenvalue weighted by atomic mass is 10.2. The van der Waals surface area contributed by atoms with Gasteiger partial charge < -0.3 is 9.47 Å². The van der Waals surface area contributed by atoms with Crippen LogP contribution in [0.2, 0.25) is 0 Å². The standard InChI is InChI=1S/C17H25NO2/c1-3-4-12-19-14-16-13-18(2)17(20-16)11-10-15-8-6-5-7-9-15/h5-11,16-17H,3-4,12-14H2,1-2H3/b11-10+. The van der Waals surface area contributed by atoms with Gasteiger partial charge in [0.05, 0.1) is 12.7 Å². The maximum atomic E-state index is 5.99. The first-order valence-electron chi connectivity index (χ1n) is 7.46. The Morgan fingerprint density at radius 2 is 2.15 bits per heavy atom. The molecule has 1 aromatic rings. The van der Waals surface area contributed by atoms with E-state index in [-0.39, 0.29) is 12.3 Å². The van der Waals surface area contributed by atoms with Crippen molar-refractivity contribution >= 4 is 6.08 Å². The number of hydrogen-bond acceptors (Lipinski definition) is 3. The van der Waals surface area contributed by atoms with E-state index in [1.165, 1.54) is 12.0 Å². The van der Waals surface area contributed by atoms with E-state index in [0.717, 1.165) is 19.6 Å². The Bertz CT molecular complexity index is 405. The minimum Gasteiger partial charge on any atom is -0.379 e. The summed E-state index contributed by atoms with van der Waals surface area (Å²) in [6.07, 6.45) is 6.76. The van der Waals surface area contributed by atoms with Crippen LogP contribution in [0.15, 0.2) is 36.4 Å². The van der Waals surface area contributed by atoms with E-state index in [2.05, 4.69) is 43.2 Å². The van der Waals surface area contributed by atoms with Crippen LogP contribution < -0.4 is 0 Å². The second kappa shape index (κ2) is 8.20. The monoisotopic (exact) mass is 275 g/mol. The van der Waals surface area contributed by atoms with E-state index in [1.807, 2.05) is 18.2 Å². The summed E-state index contributed by atoms with van der Waals surface area (Å²) in [5, 5.41) is 0.